The minimum atomic E-state index is -0.679. The van der Waals surface area contributed by atoms with Crippen LogP contribution < -0.4 is 5.32 Å². The second kappa shape index (κ2) is 9.18. The molecule has 0 aliphatic rings. The van der Waals surface area contributed by atoms with Gasteiger partial charge in [0.1, 0.15) is 11.8 Å². The zero-order valence-corrected chi connectivity index (χ0v) is 15.6. The van der Waals surface area contributed by atoms with Gasteiger partial charge in [0.15, 0.2) is 0 Å². The summed E-state index contributed by atoms with van der Waals surface area (Å²) in [5.74, 6) is -0.370. The first-order valence-electron chi connectivity index (χ1n) is 7.98. The minimum Gasteiger partial charge on any atom is -0.508 e. The van der Waals surface area contributed by atoms with Crippen LogP contribution in [-0.4, -0.2) is 56.1 Å². The van der Waals surface area contributed by atoms with E-state index in [4.69, 9.17) is 4.74 Å². The molecular weight excluding hydrogens is 358 g/mol. The summed E-state index contributed by atoms with van der Waals surface area (Å²) in [5.41, 5.74) is 0.656. The number of thioether (sulfide) groups is 1. The second-order valence-corrected chi connectivity index (χ2v) is 6.89. The Morgan fingerprint density at radius 1 is 1.31 bits per heavy atom. The number of phenolic OH excluding ortho intramolecular Hbond substituents is 1. The first kappa shape index (κ1) is 19.7. The summed E-state index contributed by atoms with van der Waals surface area (Å²) in [6.45, 7) is 3.92. The lowest BCUT2D eigenvalue weighted by Gasteiger charge is -2.18. The Balaban J connectivity index is 1.98. The van der Waals surface area contributed by atoms with Gasteiger partial charge >= 0.3 is 5.97 Å². The van der Waals surface area contributed by atoms with Crippen molar-refractivity contribution < 1.29 is 19.4 Å². The van der Waals surface area contributed by atoms with E-state index in [-0.39, 0.29) is 23.3 Å². The number of carbonyl (C=O) groups excluding carboxylic acids is 2. The van der Waals surface area contributed by atoms with Crippen molar-refractivity contribution in [1.82, 2.24) is 25.5 Å². The number of nitrogens with one attached hydrogen (secondary N) is 1. The molecule has 2 rings (SSSR count). The maximum atomic E-state index is 12.2. The standard InChI is InChI=1S/C16H21N5O4S/c1-10(2)8-13(15(24)25-3)17-14(23)9-26-16-18-19-20-21(16)11-4-6-12(22)7-5-11/h4-7,10,13,22H,8-9H2,1-3H3,(H,17,23)/t13-/m0/s1. The van der Waals surface area contributed by atoms with Crippen LogP contribution in [0.3, 0.4) is 0 Å². The number of hydrogen-bond acceptors (Lipinski definition) is 8. The van der Waals surface area contributed by atoms with Crippen LogP contribution in [0.25, 0.3) is 5.69 Å². The summed E-state index contributed by atoms with van der Waals surface area (Å²) in [7, 11) is 1.29. The number of esters is 1. The Bertz CT molecular complexity index is 747. The molecule has 0 spiro atoms. The van der Waals surface area contributed by atoms with E-state index in [2.05, 4.69) is 20.8 Å². The lowest BCUT2D eigenvalue weighted by atomic mass is 10.0. The predicted octanol–water partition coefficient (Wildman–Crippen LogP) is 1.16. The average molecular weight is 379 g/mol. The topological polar surface area (TPSA) is 119 Å². The number of phenols is 1. The molecule has 1 aromatic heterocycles. The molecule has 0 saturated carbocycles. The number of aromatic nitrogens is 4. The highest BCUT2D eigenvalue weighted by Crippen LogP contribution is 2.19. The van der Waals surface area contributed by atoms with E-state index >= 15 is 0 Å². The summed E-state index contributed by atoms with van der Waals surface area (Å²) in [6, 6.07) is 5.68. The van der Waals surface area contributed by atoms with Crippen LogP contribution in [0, 0.1) is 5.92 Å². The van der Waals surface area contributed by atoms with Crippen LogP contribution in [0.1, 0.15) is 20.3 Å². The van der Waals surface area contributed by atoms with Gasteiger partial charge in [-0.1, -0.05) is 25.6 Å². The van der Waals surface area contributed by atoms with E-state index in [9.17, 15) is 14.7 Å². The van der Waals surface area contributed by atoms with Crippen LogP contribution >= 0.6 is 11.8 Å². The molecule has 9 nitrogen and oxygen atoms in total. The van der Waals surface area contributed by atoms with E-state index in [1.165, 1.54) is 23.9 Å². The molecule has 0 unspecified atom stereocenters. The fraction of sp³-hybridized carbons (Fsp3) is 0.438. The van der Waals surface area contributed by atoms with Gasteiger partial charge in [0.2, 0.25) is 11.1 Å². The maximum absolute atomic E-state index is 12.2. The highest BCUT2D eigenvalue weighted by Gasteiger charge is 2.23. The number of aromatic hydroxyl groups is 1. The molecule has 2 N–H and O–H groups in total. The number of ether oxygens (including phenoxy) is 1. The quantitative estimate of drug-likeness (QED) is 0.518. The lowest BCUT2D eigenvalue weighted by Crippen LogP contribution is -2.43. The number of amides is 1. The Kier molecular flexibility index (Phi) is 6.96. The molecule has 0 aliphatic heterocycles. The molecule has 0 fully saturated rings. The van der Waals surface area contributed by atoms with Crippen LogP contribution in [0.5, 0.6) is 5.75 Å². The van der Waals surface area contributed by atoms with Crippen molar-refractivity contribution in [3.8, 4) is 11.4 Å². The molecule has 0 aliphatic carbocycles. The zero-order valence-electron chi connectivity index (χ0n) is 14.7. The van der Waals surface area contributed by atoms with Gasteiger partial charge in [0.05, 0.1) is 18.6 Å². The molecule has 140 valence electrons. The lowest BCUT2D eigenvalue weighted by molar-refractivity contribution is -0.145. The third kappa shape index (κ3) is 5.45. The summed E-state index contributed by atoms with van der Waals surface area (Å²) < 4.78 is 6.20. The Hall–Kier alpha value is -2.62. The Labute approximate surface area is 155 Å². The number of hydrogen-bond donors (Lipinski definition) is 2. The van der Waals surface area contributed by atoms with Crippen molar-refractivity contribution in [2.24, 2.45) is 5.92 Å². The number of methoxy groups -OCH3 is 1. The number of benzene rings is 1. The van der Waals surface area contributed by atoms with E-state index < -0.39 is 12.0 Å². The van der Waals surface area contributed by atoms with Crippen molar-refractivity contribution in [1.29, 1.82) is 0 Å². The summed E-state index contributed by atoms with van der Waals surface area (Å²) in [5, 5.41) is 23.9. The zero-order chi connectivity index (χ0) is 19.1. The fourth-order valence-corrected chi connectivity index (χ4v) is 2.92. The SMILES string of the molecule is COC(=O)[C@H](CC(C)C)NC(=O)CSc1nnnn1-c1ccc(O)cc1. The highest BCUT2D eigenvalue weighted by atomic mass is 32.2. The van der Waals surface area contributed by atoms with E-state index in [1.807, 2.05) is 13.8 Å². The molecule has 1 amide bonds. The Morgan fingerprint density at radius 3 is 2.62 bits per heavy atom. The van der Waals surface area contributed by atoms with Crippen LogP contribution in [0.15, 0.2) is 29.4 Å². The smallest absolute Gasteiger partial charge is 0.328 e. The normalized spacial score (nSPS) is 12.0. The average Bonchev–Trinajstić information content (AvgIpc) is 3.07. The predicted molar refractivity (Wildman–Crippen MR) is 94.9 cm³/mol. The minimum absolute atomic E-state index is 0.0457. The third-order valence-corrected chi connectivity index (χ3v) is 4.31. The van der Waals surface area contributed by atoms with Crippen molar-refractivity contribution in [3.05, 3.63) is 24.3 Å². The second-order valence-electron chi connectivity index (χ2n) is 5.95. The monoisotopic (exact) mass is 379 g/mol. The molecule has 1 atom stereocenters. The molecule has 2 aromatic rings. The molecular formula is C16H21N5O4S. The van der Waals surface area contributed by atoms with Crippen LogP contribution in [-0.2, 0) is 14.3 Å². The van der Waals surface area contributed by atoms with Gasteiger partial charge in [0.25, 0.3) is 0 Å². The van der Waals surface area contributed by atoms with Crippen LogP contribution in [0.4, 0.5) is 0 Å². The van der Waals surface area contributed by atoms with Crippen molar-refractivity contribution in [3.63, 3.8) is 0 Å². The molecule has 0 saturated heterocycles. The van der Waals surface area contributed by atoms with E-state index in [0.29, 0.717) is 17.3 Å². The number of carbonyl (C=O) groups is 2. The van der Waals surface area contributed by atoms with Gasteiger partial charge in [-0.05, 0) is 47.0 Å². The number of rotatable bonds is 8. The first-order valence-corrected chi connectivity index (χ1v) is 8.97. The molecule has 0 radical (unpaired) electrons. The first-order chi connectivity index (χ1) is 12.4. The fourth-order valence-electron chi connectivity index (χ4n) is 2.22. The number of tetrazole rings is 1. The maximum Gasteiger partial charge on any atom is 0.328 e. The molecule has 1 heterocycles. The summed E-state index contributed by atoms with van der Waals surface area (Å²) in [4.78, 5) is 24.0. The van der Waals surface area contributed by atoms with Crippen molar-refractivity contribution >= 4 is 23.6 Å². The molecule has 26 heavy (non-hydrogen) atoms. The van der Waals surface area contributed by atoms with Gasteiger partial charge in [-0.3, -0.25) is 4.79 Å². The number of nitrogens with zero attached hydrogens (tertiary/aromatic N) is 4. The largest absolute Gasteiger partial charge is 0.508 e. The van der Waals surface area contributed by atoms with Crippen LogP contribution in [0.2, 0.25) is 0 Å². The van der Waals surface area contributed by atoms with Gasteiger partial charge in [-0.2, -0.15) is 4.68 Å². The summed E-state index contributed by atoms with van der Waals surface area (Å²) in [6.07, 6.45) is 0.494. The third-order valence-electron chi connectivity index (χ3n) is 3.40. The summed E-state index contributed by atoms with van der Waals surface area (Å²) >= 11 is 1.14. The van der Waals surface area contributed by atoms with E-state index in [0.717, 1.165) is 11.8 Å². The van der Waals surface area contributed by atoms with Gasteiger partial charge in [-0.25, -0.2) is 4.79 Å². The van der Waals surface area contributed by atoms with E-state index in [1.54, 1.807) is 12.1 Å². The molecule has 0 bridgehead atoms. The van der Waals surface area contributed by atoms with Gasteiger partial charge in [0, 0.05) is 0 Å². The van der Waals surface area contributed by atoms with Gasteiger partial charge < -0.3 is 15.2 Å². The molecule has 1 aromatic carbocycles. The Morgan fingerprint density at radius 2 is 2.00 bits per heavy atom. The van der Waals surface area contributed by atoms with Crippen molar-refractivity contribution in [2.45, 2.75) is 31.5 Å². The van der Waals surface area contributed by atoms with Gasteiger partial charge in [-0.15, -0.1) is 5.10 Å². The van der Waals surface area contributed by atoms with Crippen molar-refractivity contribution in [2.75, 3.05) is 12.9 Å². The molecule has 10 heteroatoms. The highest BCUT2D eigenvalue weighted by molar-refractivity contribution is 7.99.